The van der Waals surface area contributed by atoms with Crippen LogP contribution < -0.4 is 0 Å². The molecule has 10 heteroatoms. The van der Waals surface area contributed by atoms with Crippen LogP contribution in [0.5, 0.6) is 0 Å². The largest absolute Gasteiger partial charge is 0.394 e. The van der Waals surface area contributed by atoms with Gasteiger partial charge in [-0.15, -0.1) is 0 Å². The van der Waals surface area contributed by atoms with Gasteiger partial charge in [0.15, 0.2) is 28.7 Å². The van der Waals surface area contributed by atoms with Crippen molar-refractivity contribution in [3.63, 3.8) is 0 Å². The highest BCUT2D eigenvalue weighted by Gasteiger charge is 2.83. The molecule has 1 aliphatic heterocycles. The van der Waals surface area contributed by atoms with E-state index < -0.39 is 57.2 Å². The number of Topliss-reactive ketones (excluding diaryl/α,β-unsaturated/α-hetero) is 4. The zero-order valence-corrected chi connectivity index (χ0v) is 15.1. The molecule has 4 N–H and O–H groups in total. The van der Waals surface area contributed by atoms with Crippen LogP contribution in [0.3, 0.4) is 0 Å². The summed E-state index contributed by atoms with van der Waals surface area (Å²) < 4.78 is 2.47. The summed E-state index contributed by atoms with van der Waals surface area (Å²) in [6.45, 7) is 2.02. The van der Waals surface area contributed by atoms with E-state index >= 15 is 0 Å². The minimum atomic E-state index is -3.46. The molecule has 1 rings (SSSR count). The summed E-state index contributed by atoms with van der Waals surface area (Å²) in [5.41, 5.74) is -9.98. The van der Waals surface area contributed by atoms with E-state index in [1.165, 1.54) is 0 Å². The summed E-state index contributed by atoms with van der Waals surface area (Å²) in [6, 6.07) is 0. The fourth-order valence-electron chi connectivity index (χ4n) is 3.10. The second kappa shape index (κ2) is 6.04. The van der Waals surface area contributed by atoms with Crippen molar-refractivity contribution in [3.8, 4) is 0 Å². The molecule has 0 aromatic rings. The molecule has 5 atom stereocenters. The molecule has 0 saturated carbocycles. The molecular formula is C14H19BrO9. The summed E-state index contributed by atoms with van der Waals surface area (Å²) in [6.07, 6.45) is -1.98. The number of alkyl halides is 1. The minimum Gasteiger partial charge on any atom is -0.394 e. The average molecular weight is 411 g/mol. The zero-order chi connectivity index (χ0) is 19.3. The predicted molar refractivity (Wildman–Crippen MR) is 81.2 cm³/mol. The fourth-order valence-corrected chi connectivity index (χ4v) is 3.89. The smallest absolute Gasteiger partial charge is 0.220 e. The normalized spacial score (nSPS) is 42.5. The maximum atomic E-state index is 12.2. The van der Waals surface area contributed by atoms with Crippen LogP contribution in [0.4, 0.5) is 0 Å². The summed E-state index contributed by atoms with van der Waals surface area (Å²) in [7, 11) is 0. The van der Waals surface area contributed by atoms with Gasteiger partial charge in [0.2, 0.25) is 15.7 Å². The highest BCUT2D eigenvalue weighted by Crippen LogP contribution is 2.53. The average Bonchev–Trinajstić information content (AvgIpc) is 2.47. The van der Waals surface area contributed by atoms with E-state index in [2.05, 4.69) is 15.9 Å². The van der Waals surface area contributed by atoms with Crippen molar-refractivity contribution in [2.75, 3.05) is 6.61 Å². The van der Waals surface area contributed by atoms with E-state index in [4.69, 9.17) is 4.74 Å². The van der Waals surface area contributed by atoms with E-state index in [0.29, 0.717) is 0 Å². The van der Waals surface area contributed by atoms with Crippen molar-refractivity contribution < 1.29 is 44.3 Å². The van der Waals surface area contributed by atoms with Crippen molar-refractivity contribution in [1.82, 2.24) is 0 Å². The molecule has 0 aliphatic carbocycles. The topological polar surface area (TPSA) is 158 Å². The summed E-state index contributed by atoms with van der Waals surface area (Å²) in [4.78, 5) is 48.4. The van der Waals surface area contributed by atoms with Gasteiger partial charge in [0.05, 0.1) is 6.61 Å². The van der Waals surface area contributed by atoms with Crippen molar-refractivity contribution in [2.45, 2.75) is 55.1 Å². The first kappa shape index (κ1) is 21.0. The molecule has 0 radical (unpaired) electrons. The van der Waals surface area contributed by atoms with Gasteiger partial charge in [0, 0.05) is 0 Å². The van der Waals surface area contributed by atoms with Crippen LogP contribution >= 0.6 is 15.9 Å². The third-order valence-corrected chi connectivity index (χ3v) is 5.80. The number of rotatable bonds is 5. The minimum absolute atomic E-state index is 0.717. The van der Waals surface area contributed by atoms with Crippen LogP contribution in [-0.4, -0.2) is 77.6 Å². The number of ketones is 4. The quantitative estimate of drug-likeness (QED) is 0.376. The number of aliphatic hydroxyl groups is 4. The number of hydrogen-bond donors (Lipinski definition) is 4. The lowest BCUT2D eigenvalue weighted by Gasteiger charge is -2.60. The Morgan fingerprint density at radius 2 is 1.29 bits per heavy atom. The van der Waals surface area contributed by atoms with Crippen LogP contribution in [0.2, 0.25) is 0 Å². The predicted octanol–water partition coefficient (Wildman–Crippen LogP) is -1.98. The van der Waals surface area contributed by atoms with Gasteiger partial charge in [-0.2, -0.15) is 0 Å². The zero-order valence-electron chi connectivity index (χ0n) is 13.5. The molecule has 24 heavy (non-hydrogen) atoms. The number of carbonyl (C=O) groups is 4. The van der Waals surface area contributed by atoms with Gasteiger partial charge in [0.25, 0.3) is 0 Å². The monoisotopic (exact) mass is 410 g/mol. The van der Waals surface area contributed by atoms with Gasteiger partial charge < -0.3 is 25.2 Å². The molecule has 0 aromatic heterocycles. The summed E-state index contributed by atoms with van der Waals surface area (Å²) in [5.74, 6) is -4.98. The molecule has 136 valence electrons. The van der Waals surface area contributed by atoms with Gasteiger partial charge >= 0.3 is 0 Å². The number of aliphatic hydroxyl groups excluding tert-OH is 1. The van der Waals surface area contributed by atoms with E-state index in [1.807, 2.05) is 0 Å². The number of carbonyl (C=O) groups excluding carboxylic acids is 4. The van der Waals surface area contributed by atoms with Crippen molar-refractivity contribution in [3.05, 3.63) is 0 Å². The summed E-state index contributed by atoms with van der Waals surface area (Å²) >= 11 is 2.72. The van der Waals surface area contributed by atoms with E-state index in [-0.39, 0.29) is 0 Å². The Hall–Kier alpha value is -1.04. The molecule has 0 spiro atoms. The Balaban J connectivity index is 4.05. The van der Waals surface area contributed by atoms with Gasteiger partial charge in [0.1, 0.15) is 6.10 Å². The number of hydrogen-bond acceptors (Lipinski definition) is 9. The number of halogens is 1. The Labute approximate surface area is 145 Å². The van der Waals surface area contributed by atoms with Crippen LogP contribution in [0, 0.1) is 0 Å². The number of ether oxygens (including phenoxy) is 1. The lowest BCUT2D eigenvalue weighted by atomic mass is 9.59. The highest BCUT2D eigenvalue weighted by atomic mass is 79.9. The fraction of sp³-hybridized carbons (Fsp3) is 0.714. The molecule has 1 heterocycles. The van der Waals surface area contributed by atoms with Gasteiger partial charge in [-0.25, -0.2) is 0 Å². The van der Waals surface area contributed by atoms with Crippen molar-refractivity contribution in [1.29, 1.82) is 0 Å². The van der Waals surface area contributed by atoms with E-state index in [9.17, 15) is 39.6 Å². The second-order valence-corrected chi connectivity index (χ2v) is 6.91. The van der Waals surface area contributed by atoms with Crippen LogP contribution in [-0.2, 0) is 23.9 Å². The molecule has 0 aromatic carbocycles. The van der Waals surface area contributed by atoms with Crippen LogP contribution in [0.15, 0.2) is 0 Å². The molecular weight excluding hydrogens is 392 g/mol. The van der Waals surface area contributed by atoms with Gasteiger partial charge in [-0.1, -0.05) is 0 Å². The van der Waals surface area contributed by atoms with Gasteiger partial charge in [-0.05, 0) is 43.6 Å². The Kier molecular flexibility index (Phi) is 5.29. The third-order valence-electron chi connectivity index (χ3n) is 4.49. The highest BCUT2D eigenvalue weighted by molar-refractivity contribution is 9.10. The molecule has 1 fully saturated rings. The second-order valence-electron chi connectivity index (χ2n) is 5.80. The summed E-state index contributed by atoms with van der Waals surface area (Å²) in [5, 5.41) is 42.1. The maximum absolute atomic E-state index is 12.2. The molecule has 1 unspecified atom stereocenters. The molecule has 1 saturated heterocycles. The maximum Gasteiger partial charge on any atom is 0.220 e. The first-order valence-electron chi connectivity index (χ1n) is 6.88. The van der Waals surface area contributed by atoms with Crippen molar-refractivity contribution in [2.24, 2.45) is 0 Å². The first-order chi connectivity index (χ1) is 10.7. The van der Waals surface area contributed by atoms with E-state index in [0.717, 1.165) is 27.7 Å². The molecule has 0 amide bonds. The lowest BCUT2D eigenvalue weighted by Crippen LogP contribution is -2.89. The van der Waals surface area contributed by atoms with Gasteiger partial charge in [-0.3, -0.25) is 19.2 Å². The van der Waals surface area contributed by atoms with E-state index in [1.54, 1.807) is 0 Å². The molecule has 9 nitrogen and oxygen atoms in total. The standard InChI is InChI=1S/C14H19BrO9/c1-6(17)11(21)10(5-16)24-14(15,9(4)20)13(23,8(3)19)12(11,22)7(2)18/h10,16,21-23H,5H2,1-4H3/t10-,11-,12+,13-,14?/m1/s1. The SMILES string of the molecule is CC(=O)C1(Br)O[C@H](CO)[C@](O)(C(C)=O)[C@@](O)(C(C)=O)[C@]1(O)C(C)=O. The Morgan fingerprint density at radius 1 is 0.875 bits per heavy atom. The Morgan fingerprint density at radius 3 is 1.54 bits per heavy atom. The third kappa shape index (κ3) is 2.11. The molecule has 0 bridgehead atoms. The van der Waals surface area contributed by atoms with Crippen LogP contribution in [0.25, 0.3) is 0 Å². The molecule has 1 aliphatic rings. The van der Waals surface area contributed by atoms with Crippen LogP contribution in [0.1, 0.15) is 27.7 Å². The first-order valence-corrected chi connectivity index (χ1v) is 7.67. The Bertz CT molecular complexity index is 619. The van der Waals surface area contributed by atoms with Crippen molar-refractivity contribution >= 4 is 39.1 Å². The lowest BCUT2D eigenvalue weighted by molar-refractivity contribution is -0.321.